The van der Waals surface area contributed by atoms with Crippen molar-refractivity contribution in [1.29, 1.82) is 0 Å². The average molecular weight is 444 g/mol. The van der Waals surface area contributed by atoms with E-state index in [4.69, 9.17) is 4.74 Å². The van der Waals surface area contributed by atoms with Gasteiger partial charge in [0.25, 0.3) is 0 Å². The Hall–Kier alpha value is -3.18. The Kier molecular flexibility index (Phi) is 7.74. The van der Waals surface area contributed by atoms with Gasteiger partial charge in [-0.15, -0.1) is 0 Å². The Morgan fingerprint density at radius 1 is 1.12 bits per heavy atom. The first-order chi connectivity index (χ1) is 16.1. The van der Waals surface area contributed by atoms with Gasteiger partial charge in [-0.25, -0.2) is 0 Å². The molecule has 2 heterocycles. The van der Waals surface area contributed by atoms with Crippen LogP contribution >= 0.6 is 0 Å². The van der Waals surface area contributed by atoms with E-state index in [1.165, 1.54) is 5.56 Å². The van der Waals surface area contributed by atoms with Crippen LogP contribution in [0.25, 0.3) is 0 Å². The number of rotatable bonds is 8. The van der Waals surface area contributed by atoms with Crippen LogP contribution < -0.4 is 10.1 Å². The zero-order valence-corrected chi connectivity index (χ0v) is 19.5. The van der Waals surface area contributed by atoms with Gasteiger partial charge in [-0.05, 0) is 55.5 Å². The van der Waals surface area contributed by atoms with Crippen molar-refractivity contribution >= 4 is 5.91 Å². The second-order valence-corrected chi connectivity index (χ2v) is 8.87. The number of carbonyl (C=O) groups is 1. The maximum atomic E-state index is 13.0. The zero-order chi connectivity index (χ0) is 23.0. The maximum absolute atomic E-state index is 13.0. The fraction of sp³-hybridized carbons (Fsp3) is 0.357. The van der Waals surface area contributed by atoms with E-state index in [0.717, 1.165) is 55.0 Å². The Morgan fingerprint density at radius 2 is 1.94 bits per heavy atom. The van der Waals surface area contributed by atoms with E-state index in [1.807, 2.05) is 54.7 Å². The molecule has 4 rings (SSSR count). The number of nitrogens with zero attached hydrogens (tertiary/aromatic N) is 2. The number of hydrogen-bond acceptors (Lipinski definition) is 4. The number of para-hydroxylation sites is 1. The monoisotopic (exact) mass is 443 g/mol. The lowest BCUT2D eigenvalue weighted by Crippen LogP contribution is -2.43. The van der Waals surface area contributed by atoms with Gasteiger partial charge in [-0.3, -0.25) is 14.7 Å². The van der Waals surface area contributed by atoms with Gasteiger partial charge in [-0.2, -0.15) is 0 Å². The van der Waals surface area contributed by atoms with Crippen LogP contribution in [0.15, 0.2) is 72.9 Å². The summed E-state index contributed by atoms with van der Waals surface area (Å²) in [5.41, 5.74) is 4.31. The number of benzene rings is 2. The number of hydrogen-bond donors (Lipinski definition) is 1. The summed E-state index contributed by atoms with van der Waals surface area (Å²) in [5.74, 6) is 1.30. The molecule has 3 aromatic rings. The van der Waals surface area contributed by atoms with Crippen molar-refractivity contribution < 1.29 is 9.53 Å². The van der Waals surface area contributed by atoms with Crippen LogP contribution in [0.2, 0.25) is 0 Å². The highest BCUT2D eigenvalue weighted by atomic mass is 16.5. The van der Waals surface area contributed by atoms with Gasteiger partial charge in [0.1, 0.15) is 5.75 Å². The van der Waals surface area contributed by atoms with Gasteiger partial charge in [0, 0.05) is 24.8 Å². The minimum absolute atomic E-state index is 0.0364. The summed E-state index contributed by atoms with van der Waals surface area (Å²) in [6, 6.07) is 22.1. The minimum Gasteiger partial charge on any atom is -0.496 e. The highest BCUT2D eigenvalue weighted by Gasteiger charge is 2.30. The number of piperidine rings is 1. The highest BCUT2D eigenvalue weighted by Crippen LogP contribution is 2.31. The second-order valence-electron chi connectivity index (χ2n) is 8.87. The molecule has 1 aliphatic heterocycles. The van der Waals surface area contributed by atoms with Gasteiger partial charge in [0.15, 0.2) is 0 Å². The van der Waals surface area contributed by atoms with Gasteiger partial charge in [0.05, 0.1) is 25.3 Å². The van der Waals surface area contributed by atoms with Crippen molar-refractivity contribution in [3.8, 4) is 5.75 Å². The van der Waals surface area contributed by atoms with Gasteiger partial charge >= 0.3 is 0 Å². The van der Waals surface area contributed by atoms with E-state index in [1.54, 1.807) is 7.11 Å². The molecule has 1 fully saturated rings. The number of likely N-dealkylation sites (tertiary alicyclic amines) is 1. The molecule has 2 atom stereocenters. The number of aromatic nitrogens is 1. The second kappa shape index (κ2) is 11.1. The lowest BCUT2D eigenvalue weighted by atomic mass is 9.88. The molecule has 0 unspecified atom stereocenters. The first-order valence-corrected chi connectivity index (χ1v) is 11.7. The van der Waals surface area contributed by atoms with Crippen molar-refractivity contribution in [3.63, 3.8) is 0 Å². The molecule has 33 heavy (non-hydrogen) atoms. The molecule has 1 saturated heterocycles. The van der Waals surface area contributed by atoms with Crippen molar-refractivity contribution in [2.45, 2.75) is 38.8 Å². The van der Waals surface area contributed by atoms with Crippen molar-refractivity contribution in [1.82, 2.24) is 15.2 Å². The molecule has 0 bridgehead atoms. The summed E-state index contributed by atoms with van der Waals surface area (Å²) in [6.45, 7) is 4.87. The van der Waals surface area contributed by atoms with Crippen LogP contribution in [0.1, 0.15) is 41.3 Å². The zero-order valence-electron chi connectivity index (χ0n) is 19.5. The molecule has 2 aromatic carbocycles. The molecular formula is C28H33N3O2. The van der Waals surface area contributed by atoms with E-state index < -0.39 is 0 Å². The van der Waals surface area contributed by atoms with Crippen LogP contribution in [0.5, 0.6) is 5.75 Å². The minimum atomic E-state index is -0.107. The SMILES string of the molecule is COc1c(C)cccc1CN1CCC[C@@H]([C@H](NC(=O)Cc2ccccc2)c2ccccn2)C1. The summed E-state index contributed by atoms with van der Waals surface area (Å²) < 4.78 is 5.68. The van der Waals surface area contributed by atoms with Crippen molar-refractivity contribution in [3.05, 3.63) is 95.3 Å². The molecule has 0 radical (unpaired) electrons. The molecule has 1 aliphatic rings. The Balaban J connectivity index is 1.49. The molecule has 0 spiro atoms. The Bertz CT molecular complexity index is 1040. The molecule has 1 N–H and O–H groups in total. The largest absolute Gasteiger partial charge is 0.496 e. The summed E-state index contributed by atoms with van der Waals surface area (Å²) in [6.07, 6.45) is 4.34. The quantitative estimate of drug-likeness (QED) is 0.548. The average Bonchev–Trinajstić information content (AvgIpc) is 2.84. The van der Waals surface area contributed by atoms with E-state index in [-0.39, 0.29) is 11.9 Å². The number of pyridine rings is 1. The van der Waals surface area contributed by atoms with Crippen LogP contribution in [0, 0.1) is 12.8 Å². The smallest absolute Gasteiger partial charge is 0.224 e. The lowest BCUT2D eigenvalue weighted by Gasteiger charge is -2.37. The number of ether oxygens (including phenoxy) is 1. The van der Waals surface area contributed by atoms with E-state index in [0.29, 0.717) is 12.3 Å². The first-order valence-electron chi connectivity index (χ1n) is 11.7. The number of aryl methyl sites for hydroxylation is 1. The summed E-state index contributed by atoms with van der Waals surface area (Å²) in [4.78, 5) is 20.0. The van der Waals surface area contributed by atoms with Gasteiger partial charge in [-0.1, -0.05) is 54.6 Å². The molecule has 5 heteroatoms. The third-order valence-corrected chi connectivity index (χ3v) is 6.44. The van der Waals surface area contributed by atoms with E-state index >= 15 is 0 Å². The lowest BCUT2D eigenvalue weighted by molar-refractivity contribution is -0.121. The third kappa shape index (κ3) is 5.99. The maximum Gasteiger partial charge on any atom is 0.224 e. The van der Waals surface area contributed by atoms with E-state index in [9.17, 15) is 4.79 Å². The normalized spacial score (nSPS) is 17.3. The predicted octanol–water partition coefficient (Wildman–Crippen LogP) is 4.71. The number of methoxy groups -OCH3 is 1. The summed E-state index contributed by atoms with van der Waals surface area (Å²) in [7, 11) is 1.74. The molecule has 0 aliphatic carbocycles. The molecule has 1 aromatic heterocycles. The summed E-state index contributed by atoms with van der Waals surface area (Å²) in [5, 5.41) is 3.31. The van der Waals surface area contributed by atoms with Gasteiger partial charge < -0.3 is 10.1 Å². The van der Waals surface area contributed by atoms with Crippen molar-refractivity contribution in [2.75, 3.05) is 20.2 Å². The Morgan fingerprint density at radius 3 is 2.70 bits per heavy atom. The fourth-order valence-electron chi connectivity index (χ4n) is 4.88. The molecule has 0 saturated carbocycles. The predicted molar refractivity (Wildman–Crippen MR) is 131 cm³/mol. The van der Waals surface area contributed by atoms with Crippen LogP contribution in [0.4, 0.5) is 0 Å². The first kappa shape index (κ1) is 23.0. The topological polar surface area (TPSA) is 54.5 Å². The third-order valence-electron chi connectivity index (χ3n) is 6.44. The molecule has 172 valence electrons. The van der Waals surface area contributed by atoms with Crippen LogP contribution in [0.3, 0.4) is 0 Å². The molecular weight excluding hydrogens is 410 g/mol. The fourth-order valence-corrected chi connectivity index (χ4v) is 4.88. The highest BCUT2D eigenvalue weighted by molar-refractivity contribution is 5.79. The van der Waals surface area contributed by atoms with Crippen LogP contribution in [-0.4, -0.2) is 36.0 Å². The van der Waals surface area contributed by atoms with Gasteiger partial charge in [0.2, 0.25) is 5.91 Å². The van der Waals surface area contributed by atoms with Crippen LogP contribution in [-0.2, 0) is 17.8 Å². The number of amides is 1. The van der Waals surface area contributed by atoms with Crippen molar-refractivity contribution in [2.24, 2.45) is 5.92 Å². The molecule has 5 nitrogen and oxygen atoms in total. The standard InChI is InChI=1S/C28H33N3O2/c1-21-10-8-13-24(28(21)33-2)20-31-17-9-14-23(19-31)27(25-15-6-7-16-29-25)30-26(32)18-22-11-4-3-5-12-22/h3-8,10-13,15-16,23,27H,9,14,17-20H2,1-2H3,(H,30,32)/t23-,27+/m1/s1. The van der Waals surface area contributed by atoms with E-state index in [2.05, 4.69) is 40.3 Å². The number of nitrogens with one attached hydrogen (secondary N) is 1. The summed E-state index contributed by atoms with van der Waals surface area (Å²) >= 11 is 0. The Labute approximate surface area is 196 Å². The molecule has 1 amide bonds. The number of carbonyl (C=O) groups excluding carboxylic acids is 1.